The van der Waals surface area contributed by atoms with E-state index in [1.54, 1.807) is 5.57 Å². The first-order valence-corrected chi connectivity index (χ1v) is 6.61. The van der Waals surface area contributed by atoms with E-state index in [0.717, 1.165) is 5.92 Å². The molecule has 0 nitrogen and oxygen atoms in total. The summed E-state index contributed by atoms with van der Waals surface area (Å²) in [5.74, 6) is 0.960. The van der Waals surface area contributed by atoms with E-state index in [1.165, 1.54) is 38.5 Å². The first-order valence-electron chi connectivity index (χ1n) is 6.61. The molecule has 0 aromatic carbocycles. The van der Waals surface area contributed by atoms with Gasteiger partial charge >= 0.3 is 0 Å². The second-order valence-electron chi connectivity index (χ2n) is 7.21. The third-order valence-electron chi connectivity index (χ3n) is 6.27. The van der Waals surface area contributed by atoms with E-state index < -0.39 is 0 Å². The molecule has 2 bridgehead atoms. The third kappa shape index (κ3) is 0.905. The molecule has 3 atom stereocenters. The number of allylic oxidation sites excluding steroid dienone is 1. The average molecular weight is 204 g/mol. The maximum absolute atomic E-state index is 4.44. The number of hydrogen-bond donors (Lipinski definition) is 0. The van der Waals surface area contributed by atoms with Crippen molar-refractivity contribution < 1.29 is 0 Å². The van der Waals surface area contributed by atoms with Gasteiger partial charge in [0.1, 0.15) is 0 Å². The standard InChI is InChI=1S/C15H24/c1-11-6-5-8-14(4)12-7-9-15(11,14)10-13(12,2)3/h12H,1,5-10H2,2-4H3/t12-,14+,15+/m1/s1. The third-order valence-corrected chi connectivity index (χ3v) is 6.27. The maximum Gasteiger partial charge on any atom is -0.00289 e. The molecule has 15 heavy (non-hydrogen) atoms. The summed E-state index contributed by atoms with van der Waals surface area (Å²) in [6.07, 6.45) is 8.47. The van der Waals surface area contributed by atoms with Crippen LogP contribution >= 0.6 is 0 Å². The van der Waals surface area contributed by atoms with Crippen LogP contribution in [0.1, 0.15) is 59.3 Å². The Bertz CT molecular complexity index is 325. The lowest BCUT2D eigenvalue weighted by atomic mass is 9.58. The fourth-order valence-electron chi connectivity index (χ4n) is 5.80. The Labute approximate surface area is 94.1 Å². The van der Waals surface area contributed by atoms with E-state index in [0.29, 0.717) is 16.2 Å². The summed E-state index contributed by atoms with van der Waals surface area (Å²) in [5.41, 5.74) is 3.32. The molecule has 0 aromatic rings. The number of rotatable bonds is 0. The molecule has 0 spiro atoms. The molecule has 3 rings (SSSR count). The predicted octanol–water partition coefficient (Wildman–Crippen LogP) is 4.56. The molecule has 0 radical (unpaired) electrons. The Balaban J connectivity index is 2.14. The summed E-state index contributed by atoms with van der Waals surface area (Å²) in [4.78, 5) is 0. The molecule has 84 valence electrons. The topological polar surface area (TPSA) is 0 Å². The molecule has 0 heteroatoms. The maximum atomic E-state index is 4.44. The predicted molar refractivity (Wildman–Crippen MR) is 64.7 cm³/mol. The Kier molecular flexibility index (Phi) is 1.67. The molecule has 3 fully saturated rings. The van der Waals surface area contributed by atoms with Crippen molar-refractivity contribution in [2.75, 3.05) is 0 Å². The minimum Gasteiger partial charge on any atom is -0.0993 e. The van der Waals surface area contributed by atoms with E-state index >= 15 is 0 Å². The minimum absolute atomic E-state index is 0.541. The average Bonchev–Trinajstić information content (AvgIpc) is 2.50. The second kappa shape index (κ2) is 2.52. The van der Waals surface area contributed by atoms with Gasteiger partial charge in [0.05, 0.1) is 0 Å². The van der Waals surface area contributed by atoms with E-state index in [9.17, 15) is 0 Å². The minimum atomic E-state index is 0.541. The molecular weight excluding hydrogens is 180 g/mol. The molecule has 3 saturated carbocycles. The van der Waals surface area contributed by atoms with Crippen molar-refractivity contribution in [3.8, 4) is 0 Å². The quantitative estimate of drug-likeness (QED) is 0.507. The Morgan fingerprint density at radius 2 is 1.93 bits per heavy atom. The van der Waals surface area contributed by atoms with Crippen molar-refractivity contribution in [3.63, 3.8) is 0 Å². The van der Waals surface area contributed by atoms with Crippen molar-refractivity contribution in [1.29, 1.82) is 0 Å². The van der Waals surface area contributed by atoms with Crippen molar-refractivity contribution >= 4 is 0 Å². The number of hydrogen-bond acceptors (Lipinski definition) is 0. The van der Waals surface area contributed by atoms with Crippen molar-refractivity contribution in [2.24, 2.45) is 22.2 Å². The van der Waals surface area contributed by atoms with Crippen LogP contribution < -0.4 is 0 Å². The molecule has 3 aliphatic rings. The summed E-state index contributed by atoms with van der Waals surface area (Å²) in [6, 6.07) is 0. The highest BCUT2D eigenvalue weighted by molar-refractivity contribution is 5.30. The summed E-state index contributed by atoms with van der Waals surface area (Å²) < 4.78 is 0. The van der Waals surface area contributed by atoms with Crippen LogP contribution in [0.15, 0.2) is 12.2 Å². The smallest absolute Gasteiger partial charge is 0.00289 e. The molecule has 0 saturated heterocycles. The molecule has 0 aliphatic heterocycles. The van der Waals surface area contributed by atoms with Gasteiger partial charge in [-0.1, -0.05) is 32.9 Å². The second-order valence-corrected chi connectivity index (χ2v) is 7.21. The Hall–Kier alpha value is -0.260. The zero-order chi connectivity index (χ0) is 10.9. The lowest BCUT2D eigenvalue weighted by Crippen LogP contribution is -2.37. The van der Waals surface area contributed by atoms with Gasteiger partial charge in [-0.2, -0.15) is 0 Å². The monoisotopic (exact) mass is 204 g/mol. The van der Waals surface area contributed by atoms with Crippen LogP contribution in [0.25, 0.3) is 0 Å². The zero-order valence-corrected chi connectivity index (χ0v) is 10.5. The van der Waals surface area contributed by atoms with Gasteiger partial charge < -0.3 is 0 Å². The van der Waals surface area contributed by atoms with Gasteiger partial charge in [-0.3, -0.25) is 0 Å². The fraction of sp³-hybridized carbons (Fsp3) is 0.867. The van der Waals surface area contributed by atoms with Crippen LogP contribution in [-0.2, 0) is 0 Å². The van der Waals surface area contributed by atoms with Gasteiger partial charge in [0.25, 0.3) is 0 Å². The highest BCUT2D eigenvalue weighted by Crippen LogP contribution is 2.77. The summed E-state index contributed by atoms with van der Waals surface area (Å²) >= 11 is 0. The van der Waals surface area contributed by atoms with Crippen LogP contribution in [0.4, 0.5) is 0 Å². The highest BCUT2D eigenvalue weighted by Gasteiger charge is 2.68. The molecular formula is C15H24. The molecule has 0 amide bonds. The lowest BCUT2D eigenvalue weighted by Gasteiger charge is -2.46. The van der Waals surface area contributed by atoms with Crippen LogP contribution in [0.5, 0.6) is 0 Å². The zero-order valence-electron chi connectivity index (χ0n) is 10.5. The van der Waals surface area contributed by atoms with Gasteiger partial charge in [-0.05, 0) is 60.7 Å². The fourth-order valence-corrected chi connectivity index (χ4v) is 5.80. The Morgan fingerprint density at radius 3 is 2.53 bits per heavy atom. The first kappa shape index (κ1) is 9.93. The van der Waals surface area contributed by atoms with E-state index in [4.69, 9.17) is 0 Å². The molecule has 0 N–H and O–H groups in total. The van der Waals surface area contributed by atoms with Crippen molar-refractivity contribution in [3.05, 3.63) is 12.2 Å². The van der Waals surface area contributed by atoms with Gasteiger partial charge in [0.15, 0.2) is 0 Å². The lowest BCUT2D eigenvalue weighted by molar-refractivity contribution is 0.0967. The van der Waals surface area contributed by atoms with Crippen molar-refractivity contribution in [2.45, 2.75) is 59.3 Å². The van der Waals surface area contributed by atoms with E-state index in [1.807, 2.05) is 0 Å². The van der Waals surface area contributed by atoms with Crippen LogP contribution in [0.3, 0.4) is 0 Å². The van der Waals surface area contributed by atoms with Gasteiger partial charge in [0.2, 0.25) is 0 Å². The van der Waals surface area contributed by atoms with Gasteiger partial charge in [-0.25, -0.2) is 0 Å². The highest BCUT2D eigenvalue weighted by atomic mass is 14.7. The molecule has 3 aliphatic carbocycles. The molecule has 0 unspecified atom stereocenters. The van der Waals surface area contributed by atoms with Crippen LogP contribution in [-0.4, -0.2) is 0 Å². The summed E-state index contributed by atoms with van der Waals surface area (Å²) in [5, 5.41) is 0. The van der Waals surface area contributed by atoms with E-state index in [2.05, 4.69) is 27.4 Å². The van der Waals surface area contributed by atoms with Gasteiger partial charge in [-0.15, -0.1) is 0 Å². The van der Waals surface area contributed by atoms with Crippen LogP contribution in [0.2, 0.25) is 0 Å². The Morgan fingerprint density at radius 1 is 1.20 bits per heavy atom. The largest absolute Gasteiger partial charge is 0.0993 e. The van der Waals surface area contributed by atoms with Crippen LogP contribution in [0, 0.1) is 22.2 Å². The van der Waals surface area contributed by atoms with E-state index in [-0.39, 0.29) is 0 Å². The SMILES string of the molecule is C=C1CCC[C@@]2(C)[C@@H]3CC[C@]12CC3(C)C. The van der Waals surface area contributed by atoms with Crippen molar-refractivity contribution in [1.82, 2.24) is 0 Å². The normalized spacial score (nSPS) is 51.9. The summed E-state index contributed by atoms with van der Waals surface area (Å²) in [6.45, 7) is 12.0. The summed E-state index contributed by atoms with van der Waals surface area (Å²) in [7, 11) is 0. The molecule has 0 aromatic heterocycles. The molecule has 0 heterocycles. The first-order chi connectivity index (χ1) is 6.92. The van der Waals surface area contributed by atoms with Gasteiger partial charge in [0, 0.05) is 0 Å².